The Labute approximate surface area is 119 Å². The van der Waals surface area contributed by atoms with Gasteiger partial charge in [-0.25, -0.2) is 4.98 Å². The Bertz CT molecular complexity index is 691. The molecule has 0 aliphatic carbocycles. The van der Waals surface area contributed by atoms with Crippen LogP contribution in [0.3, 0.4) is 0 Å². The molecule has 20 heavy (non-hydrogen) atoms. The van der Waals surface area contributed by atoms with Crippen molar-refractivity contribution in [2.75, 3.05) is 5.32 Å². The molecule has 0 saturated heterocycles. The SMILES string of the molecule is O=C(Nc1ncc(Cc2ccccc2)s1)c1ccn[nH]1. The van der Waals surface area contributed by atoms with Crippen molar-refractivity contribution in [1.29, 1.82) is 0 Å². The lowest BCUT2D eigenvalue weighted by Gasteiger charge is -1.98. The maximum Gasteiger partial charge on any atom is 0.275 e. The summed E-state index contributed by atoms with van der Waals surface area (Å²) in [6.45, 7) is 0. The molecular weight excluding hydrogens is 272 g/mol. The summed E-state index contributed by atoms with van der Waals surface area (Å²) in [6, 6.07) is 11.8. The number of benzene rings is 1. The zero-order valence-corrected chi connectivity index (χ0v) is 11.4. The van der Waals surface area contributed by atoms with Gasteiger partial charge in [0.1, 0.15) is 5.69 Å². The van der Waals surface area contributed by atoms with Crippen LogP contribution in [-0.2, 0) is 6.42 Å². The van der Waals surface area contributed by atoms with Gasteiger partial charge >= 0.3 is 0 Å². The minimum atomic E-state index is -0.233. The first-order chi connectivity index (χ1) is 9.81. The molecule has 5 nitrogen and oxygen atoms in total. The van der Waals surface area contributed by atoms with Gasteiger partial charge in [0.15, 0.2) is 5.13 Å². The van der Waals surface area contributed by atoms with Crippen molar-refractivity contribution in [2.45, 2.75) is 6.42 Å². The number of nitrogens with zero attached hydrogens (tertiary/aromatic N) is 2. The number of H-pyrrole nitrogens is 1. The summed E-state index contributed by atoms with van der Waals surface area (Å²) in [5.41, 5.74) is 1.65. The summed E-state index contributed by atoms with van der Waals surface area (Å²) < 4.78 is 0. The molecule has 0 radical (unpaired) electrons. The second-order valence-corrected chi connectivity index (χ2v) is 5.33. The number of aromatic nitrogens is 3. The summed E-state index contributed by atoms with van der Waals surface area (Å²) in [5, 5.41) is 9.70. The van der Waals surface area contributed by atoms with Crippen LogP contribution >= 0.6 is 11.3 Å². The van der Waals surface area contributed by atoms with E-state index in [1.54, 1.807) is 12.3 Å². The van der Waals surface area contributed by atoms with Crippen molar-refractivity contribution in [3.05, 3.63) is 64.9 Å². The third-order valence-electron chi connectivity index (χ3n) is 2.74. The minimum absolute atomic E-state index is 0.233. The van der Waals surface area contributed by atoms with E-state index in [2.05, 4.69) is 32.6 Å². The number of nitrogens with one attached hydrogen (secondary N) is 2. The predicted molar refractivity (Wildman–Crippen MR) is 77.9 cm³/mol. The van der Waals surface area contributed by atoms with Crippen LogP contribution in [0.1, 0.15) is 20.9 Å². The van der Waals surface area contributed by atoms with Gasteiger partial charge in [0, 0.05) is 23.7 Å². The van der Waals surface area contributed by atoms with Crippen LogP contribution in [0.2, 0.25) is 0 Å². The average molecular weight is 284 g/mol. The minimum Gasteiger partial charge on any atom is -0.297 e. The molecule has 1 aromatic carbocycles. The molecule has 3 rings (SSSR count). The number of aromatic amines is 1. The standard InChI is InChI=1S/C14H12N4OS/c19-13(12-6-7-16-18-12)17-14-15-9-11(20-14)8-10-4-2-1-3-5-10/h1-7,9H,8H2,(H,16,18)(H,15,17,19). The predicted octanol–water partition coefficient (Wildman–Crippen LogP) is 2.71. The van der Waals surface area contributed by atoms with Gasteiger partial charge in [0.05, 0.1) is 0 Å². The Hall–Kier alpha value is -2.47. The Morgan fingerprint density at radius 3 is 2.85 bits per heavy atom. The maximum atomic E-state index is 11.8. The van der Waals surface area contributed by atoms with E-state index in [0.29, 0.717) is 10.8 Å². The molecule has 0 bridgehead atoms. The lowest BCUT2D eigenvalue weighted by molar-refractivity contribution is 0.102. The van der Waals surface area contributed by atoms with Crippen LogP contribution in [-0.4, -0.2) is 21.1 Å². The smallest absolute Gasteiger partial charge is 0.275 e. The molecule has 3 aromatic rings. The number of carbonyl (C=O) groups is 1. The Morgan fingerprint density at radius 1 is 1.25 bits per heavy atom. The Balaban J connectivity index is 1.67. The van der Waals surface area contributed by atoms with Gasteiger partial charge in [-0.3, -0.25) is 15.2 Å². The molecule has 0 unspecified atom stereocenters. The second kappa shape index (κ2) is 5.66. The summed E-state index contributed by atoms with van der Waals surface area (Å²) in [6.07, 6.45) is 4.15. The van der Waals surface area contributed by atoms with Crippen LogP contribution in [0.4, 0.5) is 5.13 Å². The largest absolute Gasteiger partial charge is 0.297 e. The van der Waals surface area contributed by atoms with Crippen molar-refractivity contribution >= 4 is 22.4 Å². The van der Waals surface area contributed by atoms with Crippen molar-refractivity contribution in [2.24, 2.45) is 0 Å². The fourth-order valence-electron chi connectivity index (χ4n) is 1.79. The van der Waals surface area contributed by atoms with Crippen LogP contribution in [0.5, 0.6) is 0 Å². The highest BCUT2D eigenvalue weighted by Gasteiger charge is 2.10. The van der Waals surface area contributed by atoms with Gasteiger partial charge in [-0.1, -0.05) is 30.3 Å². The van der Waals surface area contributed by atoms with Crippen LogP contribution in [0.15, 0.2) is 48.8 Å². The van der Waals surface area contributed by atoms with E-state index in [1.807, 2.05) is 18.2 Å². The van der Waals surface area contributed by atoms with E-state index in [0.717, 1.165) is 11.3 Å². The highest BCUT2D eigenvalue weighted by atomic mass is 32.1. The number of thiazole rings is 1. The Morgan fingerprint density at radius 2 is 2.10 bits per heavy atom. The normalized spacial score (nSPS) is 10.4. The zero-order valence-electron chi connectivity index (χ0n) is 10.5. The van der Waals surface area contributed by atoms with E-state index in [1.165, 1.54) is 23.1 Å². The molecule has 100 valence electrons. The summed E-state index contributed by atoms with van der Waals surface area (Å²) in [7, 11) is 0. The molecule has 0 aliphatic heterocycles. The van der Waals surface area contributed by atoms with E-state index in [4.69, 9.17) is 0 Å². The lowest BCUT2D eigenvalue weighted by Crippen LogP contribution is -2.11. The number of hydrogen-bond acceptors (Lipinski definition) is 4. The highest BCUT2D eigenvalue weighted by molar-refractivity contribution is 7.15. The monoisotopic (exact) mass is 284 g/mol. The fourth-order valence-corrected chi connectivity index (χ4v) is 2.63. The topological polar surface area (TPSA) is 70.7 Å². The molecular formula is C14H12N4OS. The molecule has 6 heteroatoms. The Kier molecular flexibility index (Phi) is 3.56. The van der Waals surface area contributed by atoms with E-state index < -0.39 is 0 Å². The molecule has 0 fully saturated rings. The van der Waals surface area contributed by atoms with Gasteiger partial charge in [-0.15, -0.1) is 11.3 Å². The summed E-state index contributed by atoms with van der Waals surface area (Å²) >= 11 is 1.48. The van der Waals surface area contributed by atoms with Crippen LogP contribution in [0, 0.1) is 0 Å². The fraction of sp³-hybridized carbons (Fsp3) is 0.0714. The van der Waals surface area contributed by atoms with Gasteiger partial charge in [0.2, 0.25) is 0 Å². The average Bonchev–Trinajstić information content (AvgIpc) is 3.11. The number of rotatable bonds is 4. The number of anilines is 1. The molecule has 2 N–H and O–H groups in total. The first-order valence-corrected chi connectivity index (χ1v) is 6.92. The van der Waals surface area contributed by atoms with Gasteiger partial charge in [-0.05, 0) is 11.6 Å². The van der Waals surface area contributed by atoms with Crippen LogP contribution < -0.4 is 5.32 Å². The van der Waals surface area contributed by atoms with E-state index >= 15 is 0 Å². The van der Waals surface area contributed by atoms with Crippen molar-refractivity contribution in [3.63, 3.8) is 0 Å². The molecule has 1 amide bonds. The van der Waals surface area contributed by atoms with Gasteiger partial charge in [0.25, 0.3) is 5.91 Å². The third-order valence-corrected chi connectivity index (χ3v) is 3.65. The first-order valence-electron chi connectivity index (χ1n) is 6.10. The number of carbonyl (C=O) groups excluding carboxylic acids is 1. The molecule has 0 atom stereocenters. The van der Waals surface area contributed by atoms with Gasteiger partial charge < -0.3 is 0 Å². The van der Waals surface area contributed by atoms with E-state index in [9.17, 15) is 4.79 Å². The summed E-state index contributed by atoms with van der Waals surface area (Å²) in [4.78, 5) is 17.1. The second-order valence-electron chi connectivity index (χ2n) is 4.22. The van der Waals surface area contributed by atoms with Crippen molar-refractivity contribution in [3.8, 4) is 0 Å². The van der Waals surface area contributed by atoms with Gasteiger partial charge in [-0.2, -0.15) is 5.10 Å². The number of hydrogen-bond donors (Lipinski definition) is 2. The quantitative estimate of drug-likeness (QED) is 0.774. The molecule has 2 heterocycles. The molecule has 2 aromatic heterocycles. The molecule has 0 spiro atoms. The van der Waals surface area contributed by atoms with Crippen molar-refractivity contribution in [1.82, 2.24) is 15.2 Å². The maximum absolute atomic E-state index is 11.8. The van der Waals surface area contributed by atoms with Crippen LogP contribution in [0.25, 0.3) is 0 Å². The number of amides is 1. The molecule has 0 aliphatic rings. The first kappa shape index (κ1) is 12.6. The summed E-state index contributed by atoms with van der Waals surface area (Å²) in [5.74, 6) is -0.233. The van der Waals surface area contributed by atoms with E-state index in [-0.39, 0.29) is 5.91 Å². The lowest BCUT2D eigenvalue weighted by atomic mass is 10.1. The zero-order chi connectivity index (χ0) is 13.8. The highest BCUT2D eigenvalue weighted by Crippen LogP contribution is 2.21. The van der Waals surface area contributed by atoms with Crippen molar-refractivity contribution < 1.29 is 4.79 Å². The molecule has 0 saturated carbocycles. The third kappa shape index (κ3) is 2.92.